The molecule has 0 unspecified atom stereocenters. The fourth-order valence-electron chi connectivity index (χ4n) is 3.62. The van der Waals surface area contributed by atoms with Crippen molar-refractivity contribution in [3.8, 4) is 0 Å². The summed E-state index contributed by atoms with van der Waals surface area (Å²) < 4.78 is 7.37. The Hall–Kier alpha value is -1.52. The summed E-state index contributed by atoms with van der Waals surface area (Å²) in [6.45, 7) is 14.8. The second-order valence-corrected chi connectivity index (χ2v) is 8.96. The number of nitrogens with one attached hydrogen (secondary N) is 1. The van der Waals surface area contributed by atoms with E-state index >= 15 is 0 Å². The van der Waals surface area contributed by atoms with Gasteiger partial charge < -0.3 is 19.9 Å². The van der Waals surface area contributed by atoms with E-state index in [1.54, 1.807) is 0 Å². The van der Waals surface area contributed by atoms with Gasteiger partial charge in [-0.15, -0.1) is 24.0 Å². The Balaban J connectivity index is 0.00000480. The van der Waals surface area contributed by atoms with E-state index in [0.717, 1.165) is 57.9 Å². The van der Waals surface area contributed by atoms with Crippen LogP contribution in [0.1, 0.15) is 53.0 Å². The van der Waals surface area contributed by atoms with Gasteiger partial charge in [-0.05, 0) is 65.4 Å². The van der Waals surface area contributed by atoms with Gasteiger partial charge in [0.1, 0.15) is 5.60 Å². The number of hydrogen-bond acceptors (Lipinski definition) is 4. The lowest BCUT2D eigenvalue weighted by molar-refractivity contribution is 0.0214. The molecule has 0 atom stereocenters. The van der Waals surface area contributed by atoms with Crippen molar-refractivity contribution >= 4 is 36.0 Å². The number of carbonyl (C=O) groups excluding carboxylic acids is 1. The Bertz CT molecular complexity index is 692. The molecule has 1 saturated heterocycles. The topological polar surface area (TPSA) is 75.0 Å². The number of aromatic nitrogens is 2. The van der Waals surface area contributed by atoms with E-state index < -0.39 is 5.60 Å². The monoisotopic (exact) mass is 548 g/mol. The van der Waals surface area contributed by atoms with E-state index in [1.807, 2.05) is 56.7 Å². The van der Waals surface area contributed by atoms with Gasteiger partial charge in [0.15, 0.2) is 5.96 Å². The quantitative estimate of drug-likeness (QED) is 0.321. The third kappa shape index (κ3) is 9.65. The summed E-state index contributed by atoms with van der Waals surface area (Å²) in [5.41, 5.74) is 0.749. The molecule has 9 heteroatoms. The van der Waals surface area contributed by atoms with Crippen LogP contribution in [0, 0.1) is 5.92 Å². The van der Waals surface area contributed by atoms with E-state index in [4.69, 9.17) is 9.73 Å². The minimum Gasteiger partial charge on any atom is -0.444 e. The van der Waals surface area contributed by atoms with E-state index in [-0.39, 0.29) is 30.1 Å². The van der Waals surface area contributed by atoms with Crippen molar-refractivity contribution < 1.29 is 9.53 Å². The highest BCUT2D eigenvalue weighted by molar-refractivity contribution is 14.0. The summed E-state index contributed by atoms with van der Waals surface area (Å²) in [7, 11) is 1.93. The van der Waals surface area contributed by atoms with Gasteiger partial charge in [-0.2, -0.15) is 5.10 Å². The molecule has 1 fully saturated rings. The average molecular weight is 549 g/mol. The number of guanidine groups is 1. The van der Waals surface area contributed by atoms with Crippen LogP contribution in [0.4, 0.5) is 4.79 Å². The molecule has 8 nitrogen and oxygen atoms in total. The number of halogens is 1. The molecule has 0 aromatic carbocycles. The zero-order valence-corrected chi connectivity index (χ0v) is 22.4. The summed E-state index contributed by atoms with van der Waals surface area (Å²) in [6.07, 6.45) is 6.72. The van der Waals surface area contributed by atoms with Crippen LogP contribution in [-0.4, -0.2) is 76.5 Å². The highest BCUT2D eigenvalue weighted by Gasteiger charge is 2.27. The van der Waals surface area contributed by atoms with Gasteiger partial charge in [0.2, 0.25) is 0 Å². The first kappa shape index (κ1) is 27.5. The first-order chi connectivity index (χ1) is 14.2. The van der Waals surface area contributed by atoms with Crippen molar-refractivity contribution in [2.24, 2.45) is 18.0 Å². The van der Waals surface area contributed by atoms with E-state index in [2.05, 4.69) is 22.2 Å². The number of hydrogen-bond donors (Lipinski definition) is 1. The molecule has 0 spiro atoms. The number of ether oxygens (including phenoxy) is 1. The molecular weight excluding hydrogens is 507 g/mol. The molecule has 1 aromatic rings. The third-order valence-electron chi connectivity index (χ3n) is 5.18. The molecule has 0 bridgehead atoms. The van der Waals surface area contributed by atoms with Gasteiger partial charge in [-0.1, -0.05) is 0 Å². The number of amides is 1. The molecule has 31 heavy (non-hydrogen) atoms. The fraction of sp³-hybridized carbons (Fsp3) is 0.773. The van der Waals surface area contributed by atoms with Crippen LogP contribution >= 0.6 is 24.0 Å². The number of rotatable bonds is 7. The fourth-order valence-corrected chi connectivity index (χ4v) is 3.62. The Kier molecular flexibility index (Phi) is 11.6. The first-order valence-corrected chi connectivity index (χ1v) is 11.2. The second kappa shape index (κ2) is 13.1. The van der Waals surface area contributed by atoms with Gasteiger partial charge in [0, 0.05) is 52.5 Å². The van der Waals surface area contributed by atoms with Gasteiger partial charge in [0.05, 0.1) is 6.20 Å². The predicted molar refractivity (Wildman–Crippen MR) is 136 cm³/mol. The van der Waals surface area contributed by atoms with Crippen LogP contribution in [-0.2, 0) is 18.2 Å². The summed E-state index contributed by atoms with van der Waals surface area (Å²) in [5, 5.41) is 7.64. The molecule has 0 aliphatic carbocycles. The van der Waals surface area contributed by atoms with Crippen molar-refractivity contribution in [3.05, 3.63) is 18.0 Å². The maximum atomic E-state index is 12.4. The summed E-state index contributed by atoms with van der Waals surface area (Å²) in [6, 6.07) is 0. The third-order valence-corrected chi connectivity index (χ3v) is 5.18. The highest BCUT2D eigenvalue weighted by atomic mass is 127. The molecule has 0 saturated carbocycles. The zero-order valence-electron chi connectivity index (χ0n) is 20.1. The number of piperidine rings is 1. The van der Waals surface area contributed by atoms with Crippen LogP contribution < -0.4 is 5.32 Å². The number of aliphatic imine (C=N–C) groups is 1. The standard InChI is InChI=1S/C22H40N6O2.HI/c1-7-23-20(24-12-9-19-15-25-26(6)16-19)28-13-10-18(11-14-28)17-27(8-2)21(29)30-22(3,4)5;/h15-16,18H,7-14,17H2,1-6H3,(H,23,24);1H. The molecule has 178 valence electrons. The van der Waals surface area contributed by atoms with Crippen molar-refractivity contribution in [2.75, 3.05) is 39.3 Å². The lowest BCUT2D eigenvalue weighted by Gasteiger charge is -2.36. The number of aryl methyl sites for hydroxylation is 1. The molecule has 2 heterocycles. The van der Waals surface area contributed by atoms with Crippen LogP contribution in [0.5, 0.6) is 0 Å². The molecular formula is C22H41IN6O2. The van der Waals surface area contributed by atoms with Gasteiger partial charge >= 0.3 is 6.09 Å². The van der Waals surface area contributed by atoms with Crippen molar-refractivity contribution in [1.29, 1.82) is 0 Å². The molecule has 2 rings (SSSR count). The molecule has 1 N–H and O–H groups in total. The SMILES string of the molecule is CCNC(=NCCc1cnn(C)c1)N1CCC(CN(CC)C(=O)OC(C)(C)C)CC1.I. The largest absolute Gasteiger partial charge is 0.444 e. The van der Waals surface area contributed by atoms with E-state index in [1.165, 1.54) is 5.56 Å². The lowest BCUT2D eigenvalue weighted by atomic mass is 9.96. The number of nitrogens with zero attached hydrogens (tertiary/aromatic N) is 5. The minimum atomic E-state index is -0.457. The summed E-state index contributed by atoms with van der Waals surface area (Å²) in [4.78, 5) is 21.4. The molecule has 1 aromatic heterocycles. The van der Waals surface area contributed by atoms with Gasteiger partial charge in [0.25, 0.3) is 0 Å². The molecule has 0 radical (unpaired) electrons. The second-order valence-electron chi connectivity index (χ2n) is 8.96. The first-order valence-electron chi connectivity index (χ1n) is 11.2. The van der Waals surface area contributed by atoms with Crippen molar-refractivity contribution in [1.82, 2.24) is 24.9 Å². The highest BCUT2D eigenvalue weighted by Crippen LogP contribution is 2.20. The van der Waals surface area contributed by atoms with Crippen LogP contribution in [0.2, 0.25) is 0 Å². The smallest absolute Gasteiger partial charge is 0.410 e. The van der Waals surface area contributed by atoms with Gasteiger partial charge in [-0.25, -0.2) is 4.79 Å². The number of carbonyl (C=O) groups is 1. The summed E-state index contributed by atoms with van der Waals surface area (Å²) >= 11 is 0. The maximum absolute atomic E-state index is 12.4. The van der Waals surface area contributed by atoms with Gasteiger partial charge in [-0.3, -0.25) is 9.67 Å². The van der Waals surface area contributed by atoms with E-state index in [0.29, 0.717) is 12.5 Å². The van der Waals surface area contributed by atoms with Crippen molar-refractivity contribution in [2.45, 2.75) is 59.5 Å². The Morgan fingerprint density at radius 2 is 2.00 bits per heavy atom. The Labute approximate surface area is 204 Å². The average Bonchev–Trinajstić information content (AvgIpc) is 3.09. The number of likely N-dealkylation sites (tertiary alicyclic amines) is 1. The zero-order chi connectivity index (χ0) is 22.1. The molecule has 1 amide bonds. The molecule has 1 aliphatic rings. The predicted octanol–water partition coefficient (Wildman–Crippen LogP) is 3.52. The minimum absolute atomic E-state index is 0. The normalized spacial score (nSPS) is 15.4. The Morgan fingerprint density at radius 1 is 1.32 bits per heavy atom. The Morgan fingerprint density at radius 3 is 2.52 bits per heavy atom. The maximum Gasteiger partial charge on any atom is 0.410 e. The van der Waals surface area contributed by atoms with Crippen LogP contribution in [0.3, 0.4) is 0 Å². The van der Waals surface area contributed by atoms with Crippen LogP contribution in [0.25, 0.3) is 0 Å². The molecule has 1 aliphatic heterocycles. The van der Waals surface area contributed by atoms with Crippen LogP contribution in [0.15, 0.2) is 17.4 Å². The van der Waals surface area contributed by atoms with Crippen molar-refractivity contribution in [3.63, 3.8) is 0 Å². The lowest BCUT2D eigenvalue weighted by Crippen LogP contribution is -2.48. The summed E-state index contributed by atoms with van der Waals surface area (Å²) in [5.74, 6) is 1.48. The van der Waals surface area contributed by atoms with E-state index in [9.17, 15) is 4.79 Å².